The number of carbonyl (C=O) groups is 1. The largest absolute Gasteiger partial charge is 0.388 e. The number of aryl methyl sites for hydroxylation is 2. The Bertz CT molecular complexity index is 450. The SMILES string of the molecule is Cc1cc(C)n(CC(=O)NCC2(O)CCOCC2)n1. The lowest BCUT2D eigenvalue weighted by atomic mass is 9.94. The van der Waals surface area contributed by atoms with Crippen LogP contribution >= 0.6 is 0 Å². The Kier molecular flexibility index (Phi) is 4.21. The molecule has 1 aliphatic heterocycles. The summed E-state index contributed by atoms with van der Waals surface area (Å²) in [4.78, 5) is 11.8. The number of aromatic nitrogens is 2. The number of aliphatic hydroxyl groups is 1. The Morgan fingerprint density at radius 3 is 2.79 bits per heavy atom. The minimum absolute atomic E-state index is 0.133. The molecular formula is C13H21N3O3. The third-order valence-electron chi connectivity index (χ3n) is 3.43. The first-order valence-corrected chi connectivity index (χ1v) is 6.56. The van der Waals surface area contributed by atoms with Crippen molar-refractivity contribution in [1.82, 2.24) is 15.1 Å². The molecule has 2 heterocycles. The molecule has 0 spiro atoms. The Labute approximate surface area is 112 Å². The molecule has 0 bridgehead atoms. The predicted molar refractivity (Wildman–Crippen MR) is 69.7 cm³/mol. The first-order valence-electron chi connectivity index (χ1n) is 6.56. The van der Waals surface area contributed by atoms with Crippen molar-refractivity contribution >= 4 is 5.91 Å². The molecule has 0 aromatic carbocycles. The fourth-order valence-electron chi connectivity index (χ4n) is 2.22. The van der Waals surface area contributed by atoms with E-state index in [2.05, 4.69) is 10.4 Å². The van der Waals surface area contributed by atoms with E-state index in [4.69, 9.17) is 4.74 Å². The first kappa shape index (κ1) is 14.0. The van der Waals surface area contributed by atoms with E-state index in [-0.39, 0.29) is 19.0 Å². The van der Waals surface area contributed by atoms with Crippen LogP contribution < -0.4 is 5.32 Å². The van der Waals surface area contributed by atoms with E-state index in [9.17, 15) is 9.90 Å². The molecule has 0 radical (unpaired) electrons. The average molecular weight is 267 g/mol. The smallest absolute Gasteiger partial charge is 0.241 e. The third kappa shape index (κ3) is 3.78. The van der Waals surface area contributed by atoms with E-state index in [1.165, 1.54) is 0 Å². The molecule has 2 rings (SSSR count). The van der Waals surface area contributed by atoms with Gasteiger partial charge in [-0.1, -0.05) is 0 Å². The Morgan fingerprint density at radius 1 is 1.53 bits per heavy atom. The summed E-state index contributed by atoms with van der Waals surface area (Å²) in [6.07, 6.45) is 1.13. The Hall–Kier alpha value is -1.40. The molecule has 1 amide bonds. The zero-order valence-corrected chi connectivity index (χ0v) is 11.5. The van der Waals surface area contributed by atoms with Crippen molar-refractivity contribution in [3.05, 3.63) is 17.5 Å². The lowest BCUT2D eigenvalue weighted by Crippen LogP contribution is -2.47. The highest BCUT2D eigenvalue weighted by atomic mass is 16.5. The van der Waals surface area contributed by atoms with Crippen molar-refractivity contribution in [2.24, 2.45) is 0 Å². The normalized spacial score (nSPS) is 18.3. The highest BCUT2D eigenvalue weighted by Gasteiger charge is 2.30. The summed E-state index contributed by atoms with van der Waals surface area (Å²) in [5.41, 5.74) is 1.02. The van der Waals surface area contributed by atoms with Gasteiger partial charge in [0.05, 0.1) is 11.3 Å². The van der Waals surface area contributed by atoms with Crippen molar-refractivity contribution in [2.45, 2.75) is 38.8 Å². The maximum absolute atomic E-state index is 11.8. The van der Waals surface area contributed by atoms with E-state index in [1.54, 1.807) is 4.68 Å². The van der Waals surface area contributed by atoms with Gasteiger partial charge in [0.15, 0.2) is 0 Å². The molecule has 1 saturated heterocycles. The number of amides is 1. The van der Waals surface area contributed by atoms with Gasteiger partial charge in [0.25, 0.3) is 0 Å². The quantitative estimate of drug-likeness (QED) is 0.814. The maximum atomic E-state index is 11.8. The molecule has 106 valence electrons. The van der Waals surface area contributed by atoms with Gasteiger partial charge in [0, 0.05) is 38.3 Å². The summed E-state index contributed by atoms with van der Waals surface area (Å²) in [6.45, 7) is 5.36. The van der Waals surface area contributed by atoms with Crippen LogP contribution in [0.3, 0.4) is 0 Å². The van der Waals surface area contributed by atoms with Crippen LogP contribution in [-0.2, 0) is 16.1 Å². The van der Waals surface area contributed by atoms with Crippen molar-refractivity contribution in [2.75, 3.05) is 19.8 Å². The van der Waals surface area contributed by atoms with Crippen molar-refractivity contribution in [3.8, 4) is 0 Å². The fourth-order valence-corrected chi connectivity index (χ4v) is 2.22. The number of hydrogen-bond acceptors (Lipinski definition) is 4. The van der Waals surface area contributed by atoms with E-state index in [1.807, 2.05) is 19.9 Å². The third-order valence-corrected chi connectivity index (χ3v) is 3.43. The van der Waals surface area contributed by atoms with Crippen LogP contribution in [0, 0.1) is 13.8 Å². The number of carbonyl (C=O) groups excluding carboxylic acids is 1. The van der Waals surface area contributed by atoms with Gasteiger partial charge in [0.2, 0.25) is 5.91 Å². The lowest BCUT2D eigenvalue weighted by Gasteiger charge is -2.32. The zero-order chi connectivity index (χ0) is 13.9. The van der Waals surface area contributed by atoms with Crippen LogP contribution in [0.1, 0.15) is 24.2 Å². The molecule has 1 fully saturated rings. The predicted octanol–water partition coefficient (Wildman–Crippen LogP) is 0.158. The Balaban J connectivity index is 1.83. The second kappa shape index (κ2) is 5.71. The van der Waals surface area contributed by atoms with Gasteiger partial charge in [-0.3, -0.25) is 9.48 Å². The van der Waals surface area contributed by atoms with Gasteiger partial charge in [-0.05, 0) is 19.9 Å². The second-order valence-electron chi connectivity index (χ2n) is 5.20. The molecule has 0 aliphatic carbocycles. The number of nitrogens with one attached hydrogen (secondary N) is 1. The van der Waals surface area contributed by atoms with Crippen LogP contribution in [0.5, 0.6) is 0 Å². The van der Waals surface area contributed by atoms with E-state index in [0.717, 1.165) is 11.4 Å². The topological polar surface area (TPSA) is 76.4 Å². The van der Waals surface area contributed by atoms with Crippen LogP contribution in [0.25, 0.3) is 0 Å². The standard InChI is InChI=1S/C13H21N3O3/c1-10-7-11(2)16(15-10)8-12(17)14-9-13(18)3-5-19-6-4-13/h7,18H,3-6,8-9H2,1-2H3,(H,14,17). The van der Waals surface area contributed by atoms with Crippen LogP contribution in [0.4, 0.5) is 0 Å². The lowest BCUT2D eigenvalue weighted by molar-refractivity contribution is -0.124. The van der Waals surface area contributed by atoms with Crippen LogP contribution in [-0.4, -0.2) is 46.2 Å². The van der Waals surface area contributed by atoms with Gasteiger partial charge >= 0.3 is 0 Å². The summed E-state index contributed by atoms with van der Waals surface area (Å²) in [5.74, 6) is -0.133. The monoisotopic (exact) mass is 267 g/mol. The maximum Gasteiger partial charge on any atom is 0.241 e. The van der Waals surface area contributed by atoms with E-state index < -0.39 is 5.60 Å². The van der Waals surface area contributed by atoms with Crippen LogP contribution in [0.2, 0.25) is 0 Å². The second-order valence-corrected chi connectivity index (χ2v) is 5.20. The first-order chi connectivity index (χ1) is 8.98. The van der Waals surface area contributed by atoms with Crippen LogP contribution in [0.15, 0.2) is 6.07 Å². The van der Waals surface area contributed by atoms with Gasteiger partial charge < -0.3 is 15.2 Å². The molecule has 1 aromatic heterocycles. The average Bonchev–Trinajstić information content (AvgIpc) is 2.66. The molecule has 1 aromatic rings. The minimum Gasteiger partial charge on any atom is -0.388 e. The summed E-state index contributed by atoms with van der Waals surface area (Å²) < 4.78 is 6.86. The summed E-state index contributed by atoms with van der Waals surface area (Å²) >= 11 is 0. The highest BCUT2D eigenvalue weighted by Crippen LogP contribution is 2.19. The number of rotatable bonds is 4. The van der Waals surface area contributed by atoms with Crippen molar-refractivity contribution < 1.29 is 14.6 Å². The molecule has 1 aliphatic rings. The molecule has 2 N–H and O–H groups in total. The highest BCUT2D eigenvalue weighted by molar-refractivity contribution is 5.75. The summed E-state index contributed by atoms with van der Waals surface area (Å²) in [6, 6.07) is 1.93. The zero-order valence-electron chi connectivity index (χ0n) is 11.5. The molecule has 0 saturated carbocycles. The van der Waals surface area contributed by atoms with Gasteiger partial charge in [0.1, 0.15) is 6.54 Å². The van der Waals surface area contributed by atoms with E-state index >= 15 is 0 Å². The van der Waals surface area contributed by atoms with E-state index in [0.29, 0.717) is 26.1 Å². The fraction of sp³-hybridized carbons (Fsp3) is 0.692. The molecule has 19 heavy (non-hydrogen) atoms. The summed E-state index contributed by atoms with van der Waals surface area (Å²) in [7, 11) is 0. The molecular weight excluding hydrogens is 246 g/mol. The molecule has 0 atom stereocenters. The molecule has 0 unspecified atom stereocenters. The number of nitrogens with zero attached hydrogens (tertiary/aromatic N) is 2. The molecule has 6 nitrogen and oxygen atoms in total. The summed E-state index contributed by atoms with van der Waals surface area (Å²) in [5, 5.41) is 17.2. The number of ether oxygens (including phenoxy) is 1. The van der Waals surface area contributed by atoms with Gasteiger partial charge in [-0.2, -0.15) is 5.10 Å². The number of hydrogen-bond donors (Lipinski definition) is 2. The van der Waals surface area contributed by atoms with Gasteiger partial charge in [-0.15, -0.1) is 0 Å². The van der Waals surface area contributed by atoms with Crippen molar-refractivity contribution in [1.29, 1.82) is 0 Å². The minimum atomic E-state index is -0.830. The van der Waals surface area contributed by atoms with Crippen molar-refractivity contribution in [3.63, 3.8) is 0 Å². The van der Waals surface area contributed by atoms with Gasteiger partial charge in [-0.25, -0.2) is 0 Å². The Morgan fingerprint density at radius 2 is 2.21 bits per heavy atom. The molecule has 6 heteroatoms.